The number of ketones is 1. The van der Waals surface area contributed by atoms with Crippen LogP contribution < -0.4 is 0 Å². The number of amides is 1. The highest BCUT2D eigenvalue weighted by Crippen LogP contribution is 2.40. The molecular weight excluding hydrogens is 408 g/mol. The highest BCUT2D eigenvalue weighted by Gasteiger charge is 2.46. The number of carbonyl (C=O) groups excluding carboxylic acids is 2. The molecule has 2 aromatic carbocycles. The highest BCUT2D eigenvalue weighted by molar-refractivity contribution is 6.46. The quantitative estimate of drug-likeness (QED) is 0.426. The number of Topliss-reactive ketones (excluding diaryl/α,β-unsaturated/α-hetero) is 1. The Morgan fingerprint density at radius 2 is 1.66 bits per heavy atom. The van der Waals surface area contributed by atoms with Crippen molar-refractivity contribution < 1.29 is 24.5 Å². The van der Waals surface area contributed by atoms with Gasteiger partial charge in [-0.25, -0.2) is 0 Å². The number of rotatable bonds is 5. The van der Waals surface area contributed by atoms with Crippen molar-refractivity contribution in [2.45, 2.75) is 19.9 Å². The van der Waals surface area contributed by atoms with Gasteiger partial charge < -0.3 is 19.8 Å². The van der Waals surface area contributed by atoms with E-state index in [1.807, 2.05) is 38.1 Å². The Morgan fingerprint density at radius 3 is 2.34 bits per heavy atom. The first kappa shape index (κ1) is 22.0. The van der Waals surface area contributed by atoms with Crippen molar-refractivity contribution in [3.05, 3.63) is 70.3 Å². The number of hydrogen-bond acceptors (Lipinski definition) is 6. The van der Waals surface area contributed by atoms with Gasteiger partial charge in [-0.1, -0.05) is 41.5 Å². The lowest BCUT2D eigenvalue weighted by molar-refractivity contribution is -0.140. The van der Waals surface area contributed by atoms with Crippen LogP contribution in [0.4, 0.5) is 0 Å². The number of nitrogens with zero attached hydrogens (tertiary/aromatic N) is 2. The molecule has 32 heavy (non-hydrogen) atoms. The van der Waals surface area contributed by atoms with E-state index in [0.29, 0.717) is 26.3 Å². The molecule has 1 amide bonds. The van der Waals surface area contributed by atoms with Gasteiger partial charge in [-0.3, -0.25) is 14.5 Å². The van der Waals surface area contributed by atoms with Gasteiger partial charge in [0.1, 0.15) is 11.5 Å². The number of phenolic OH excluding ortho intramolecular Hbond substituents is 1. The Balaban J connectivity index is 1.76. The number of aliphatic hydroxyl groups excluding tert-OH is 1. The Labute approximate surface area is 187 Å². The van der Waals surface area contributed by atoms with Crippen molar-refractivity contribution in [2.24, 2.45) is 0 Å². The van der Waals surface area contributed by atoms with E-state index in [-0.39, 0.29) is 22.6 Å². The highest BCUT2D eigenvalue weighted by atomic mass is 16.5. The van der Waals surface area contributed by atoms with Crippen LogP contribution >= 0.6 is 0 Å². The van der Waals surface area contributed by atoms with E-state index in [1.165, 1.54) is 11.0 Å². The topological polar surface area (TPSA) is 90.3 Å². The number of aromatic hydroxyl groups is 1. The van der Waals surface area contributed by atoms with Crippen LogP contribution in [-0.2, 0) is 14.3 Å². The van der Waals surface area contributed by atoms with E-state index < -0.39 is 17.7 Å². The standard InChI is InChI=1S/C25H28N2O5/c1-16-3-6-18(7-4-16)22-21(23(29)19-15-17(2)5-8-20(19)28)24(30)25(31)27(22)10-9-26-11-13-32-14-12-26/h3-8,15,22,28-29H,9-14H2,1-2H3/t22-/m0/s1. The zero-order chi connectivity index (χ0) is 22.8. The van der Waals surface area contributed by atoms with Crippen LogP contribution in [0, 0.1) is 13.8 Å². The molecule has 0 unspecified atom stereocenters. The molecule has 168 valence electrons. The van der Waals surface area contributed by atoms with Gasteiger partial charge in [0.05, 0.1) is 30.4 Å². The van der Waals surface area contributed by atoms with Crippen molar-refractivity contribution >= 4 is 17.4 Å². The molecule has 2 saturated heterocycles. The van der Waals surface area contributed by atoms with Crippen molar-refractivity contribution in [1.82, 2.24) is 9.80 Å². The number of hydrogen-bond donors (Lipinski definition) is 2. The van der Waals surface area contributed by atoms with E-state index >= 15 is 0 Å². The van der Waals surface area contributed by atoms with Crippen LogP contribution in [0.3, 0.4) is 0 Å². The van der Waals surface area contributed by atoms with Gasteiger partial charge in [0.2, 0.25) is 0 Å². The molecule has 0 bridgehead atoms. The summed E-state index contributed by atoms with van der Waals surface area (Å²) < 4.78 is 5.39. The summed E-state index contributed by atoms with van der Waals surface area (Å²) in [5.74, 6) is -1.88. The number of morpholine rings is 1. The van der Waals surface area contributed by atoms with Gasteiger partial charge in [0.25, 0.3) is 11.7 Å². The average molecular weight is 437 g/mol. The van der Waals surface area contributed by atoms with Crippen LogP contribution in [0.1, 0.15) is 28.3 Å². The molecule has 0 spiro atoms. The third-order valence-corrected chi connectivity index (χ3v) is 6.10. The number of likely N-dealkylation sites (tertiary alicyclic amines) is 1. The predicted molar refractivity (Wildman–Crippen MR) is 120 cm³/mol. The number of carbonyl (C=O) groups is 2. The summed E-state index contributed by atoms with van der Waals surface area (Å²) in [7, 11) is 0. The van der Waals surface area contributed by atoms with Crippen molar-refractivity contribution in [3.8, 4) is 5.75 Å². The molecule has 4 rings (SSSR count). The van der Waals surface area contributed by atoms with Crippen molar-refractivity contribution in [1.29, 1.82) is 0 Å². The molecular formula is C25H28N2O5. The van der Waals surface area contributed by atoms with Gasteiger partial charge in [0.15, 0.2) is 0 Å². The van der Waals surface area contributed by atoms with Crippen LogP contribution in [0.15, 0.2) is 48.0 Å². The molecule has 2 fully saturated rings. The smallest absolute Gasteiger partial charge is 0.295 e. The maximum absolute atomic E-state index is 13.1. The number of ether oxygens (including phenoxy) is 1. The molecule has 2 aliphatic rings. The Bertz CT molecular complexity index is 1050. The largest absolute Gasteiger partial charge is 0.507 e. The SMILES string of the molecule is Cc1ccc([C@H]2C(=C(O)c3cc(C)ccc3O)C(=O)C(=O)N2CCN2CCOCC2)cc1. The second-order valence-electron chi connectivity index (χ2n) is 8.38. The molecule has 0 aromatic heterocycles. The predicted octanol–water partition coefficient (Wildman–Crippen LogP) is 2.76. The minimum Gasteiger partial charge on any atom is -0.507 e. The van der Waals surface area contributed by atoms with E-state index in [4.69, 9.17) is 4.74 Å². The maximum Gasteiger partial charge on any atom is 0.295 e. The Morgan fingerprint density at radius 1 is 1.00 bits per heavy atom. The summed E-state index contributed by atoms with van der Waals surface area (Å²) in [6, 6.07) is 11.6. The minimum absolute atomic E-state index is 0.00160. The first-order valence-electron chi connectivity index (χ1n) is 10.8. The van der Waals surface area contributed by atoms with E-state index in [2.05, 4.69) is 4.90 Å². The summed E-state index contributed by atoms with van der Waals surface area (Å²) in [5, 5.41) is 21.5. The summed E-state index contributed by atoms with van der Waals surface area (Å²) in [4.78, 5) is 29.9. The summed E-state index contributed by atoms with van der Waals surface area (Å²) in [6.07, 6.45) is 0. The molecule has 7 heteroatoms. The second-order valence-corrected chi connectivity index (χ2v) is 8.38. The number of benzene rings is 2. The van der Waals surface area contributed by atoms with E-state index in [9.17, 15) is 19.8 Å². The lowest BCUT2D eigenvalue weighted by Gasteiger charge is -2.31. The van der Waals surface area contributed by atoms with Gasteiger partial charge in [-0.15, -0.1) is 0 Å². The molecule has 1 atom stereocenters. The lowest BCUT2D eigenvalue weighted by Crippen LogP contribution is -2.42. The Hall–Kier alpha value is -3.16. The molecule has 7 nitrogen and oxygen atoms in total. The van der Waals surface area contributed by atoms with Crippen LogP contribution in [0.25, 0.3) is 5.76 Å². The molecule has 2 N–H and O–H groups in total. The van der Waals surface area contributed by atoms with Crippen LogP contribution in [-0.4, -0.2) is 71.1 Å². The molecule has 0 radical (unpaired) electrons. The average Bonchev–Trinajstić information content (AvgIpc) is 3.05. The van der Waals surface area contributed by atoms with Crippen LogP contribution in [0.2, 0.25) is 0 Å². The minimum atomic E-state index is -0.740. The second kappa shape index (κ2) is 9.14. The van der Waals surface area contributed by atoms with Crippen LogP contribution in [0.5, 0.6) is 5.75 Å². The molecule has 0 aliphatic carbocycles. The Kier molecular flexibility index (Phi) is 6.30. The molecule has 2 aliphatic heterocycles. The van der Waals surface area contributed by atoms with Crippen molar-refractivity contribution in [3.63, 3.8) is 0 Å². The van der Waals surface area contributed by atoms with Gasteiger partial charge in [-0.05, 0) is 31.5 Å². The molecule has 2 aromatic rings. The van der Waals surface area contributed by atoms with Gasteiger partial charge >= 0.3 is 0 Å². The third kappa shape index (κ3) is 4.26. The summed E-state index contributed by atoms with van der Waals surface area (Å²) >= 11 is 0. The van der Waals surface area contributed by atoms with E-state index in [1.54, 1.807) is 12.1 Å². The number of aryl methyl sites for hydroxylation is 2. The summed E-state index contributed by atoms with van der Waals surface area (Å²) in [5.41, 5.74) is 2.76. The van der Waals surface area contributed by atoms with Gasteiger partial charge in [-0.2, -0.15) is 0 Å². The first-order valence-corrected chi connectivity index (χ1v) is 10.8. The van der Waals surface area contributed by atoms with Crippen molar-refractivity contribution in [2.75, 3.05) is 39.4 Å². The van der Waals surface area contributed by atoms with E-state index in [0.717, 1.165) is 29.8 Å². The molecule has 2 heterocycles. The number of aliphatic hydroxyl groups is 1. The zero-order valence-corrected chi connectivity index (χ0v) is 18.4. The first-order chi connectivity index (χ1) is 15.4. The zero-order valence-electron chi connectivity index (χ0n) is 18.4. The molecule has 0 saturated carbocycles. The normalized spacial score (nSPS) is 21.3. The fourth-order valence-electron chi connectivity index (χ4n) is 4.26. The maximum atomic E-state index is 13.1. The fourth-order valence-corrected chi connectivity index (χ4v) is 4.26. The van der Waals surface area contributed by atoms with Gasteiger partial charge in [0, 0.05) is 26.2 Å². The number of phenols is 1. The lowest BCUT2D eigenvalue weighted by atomic mass is 9.94. The third-order valence-electron chi connectivity index (χ3n) is 6.10. The monoisotopic (exact) mass is 436 g/mol. The fraction of sp³-hybridized carbons (Fsp3) is 0.360. The summed E-state index contributed by atoms with van der Waals surface area (Å²) in [6.45, 7) is 7.58.